The van der Waals surface area contributed by atoms with Gasteiger partial charge in [0.2, 0.25) is 0 Å². The third-order valence-corrected chi connectivity index (χ3v) is 5.65. The van der Waals surface area contributed by atoms with E-state index < -0.39 is 5.82 Å². The van der Waals surface area contributed by atoms with Gasteiger partial charge in [-0.25, -0.2) is 9.37 Å². The SMILES string of the molecule is O=C(NCc1ccccc1)c1csc(-c2ccc(OCc3ccc(Cl)cc3)cc2F)n1. The molecule has 0 aliphatic heterocycles. The van der Waals surface area contributed by atoms with Crippen LogP contribution in [0.5, 0.6) is 5.75 Å². The van der Waals surface area contributed by atoms with Crippen LogP contribution in [-0.2, 0) is 13.2 Å². The van der Waals surface area contributed by atoms with Crippen molar-refractivity contribution in [3.63, 3.8) is 0 Å². The number of rotatable bonds is 7. The molecule has 0 radical (unpaired) electrons. The second kappa shape index (κ2) is 9.73. The molecule has 1 aromatic heterocycles. The molecule has 4 aromatic rings. The number of halogens is 2. The van der Waals surface area contributed by atoms with E-state index in [2.05, 4.69) is 10.3 Å². The van der Waals surface area contributed by atoms with Gasteiger partial charge in [0.1, 0.15) is 28.9 Å². The van der Waals surface area contributed by atoms with Crippen molar-refractivity contribution in [2.24, 2.45) is 0 Å². The number of nitrogens with zero attached hydrogens (tertiary/aromatic N) is 1. The molecule has 4 nitrogen and oxygen atoms in total. The Morgan fingerprint density at radius 3 is 2.55 bits per heavy atom. The minimum Gasteiger partial charge on any atom is -0.489 e. The molecule has 1 N–H and O–H groups in total. The van der Waals surface area contributed by atoms with E-state index in [1.54, 1.807) is 29.6 Å². The maximum atomic E-state index is 14.7. The molecular weight excluding hydrogens is 435 g/mol. The third-order valence-electron chi connectivity index (χ3n) is 4.52. The molecule has 0 atom stereocenters. The number of hydrogen-bond donors (Lipinski definition) is 1. The van der Waals surface area contributed by atoms with Crippen LogP contribution in [0.15, 0.2) is 78.2 Å². The standard InChI is InChI=1S/C24H18ClFN2O2S/c25-18-8-6-17(7-9-18)14-30-19-10-11-20(21(26)12-19)24-28-22(15-31-24)23(29)27-13-16-4-2-1-3-5-16/h1-12,15H,13-14H2,(H,27,29). The van der Waals surface area contributed by atoms with Crippen LogP contribution >= 0.6 is 22.9 Å². The minimum absolute atomic E-state index is 0.262. The molecule has 0 fully saturated rings. The van der Waals surface area contributed by atoms with Crippen LogP contribution in [0.1, 0.15) is 21.6 Å². The zero-order chi connectivity index (χ0) is 21.6. The van der Waals surface area contributed by atoms with Crippen LogP contribution in [0.4, 0.5) is 4.39 Å². The summed E-state index contributed by atoms with van der Waals surface area (Å²) in [6, 6.07) is 21.5. The fourth-order valence-electron chi connectivity index (χ4n) is 2.88. The quantitative estimate of drug-likeness (QED) is 0.368. The van der Waals surface area contributed by atoms with Crippen LogP contribution in [0.3, 0.4) is 0 Å². The Kier molecular flexibility index (Phi) is 6.60. The van der Waals surface area contributed by atoms with Crippen molar-refractivity contribution in [2.75, 3.05) is 0 Å². The largest absolute Gasteiger partial charge is 0.489 e. The molecule has 31 heavy (non-hydrogen) atoms. The summed E-state index contributed by atoms with van der Waals surface area (Å²) in [4.78, 5) is 16.7. The number of nitrogens with one attached hydrogen (secondary N) is 1. The second-order valence-electron chi connectivity index (χ2n) is 6.76. The van der Waals surface area contributed by atoms with E-state index in [1.165, 1.54) is 17.4 Å². The summed E-state index contributed by atoms with van der Waals surface area (Å²) in [7, 11) is 0. The maximum Gasteiger partial charge on any atom is 0.271 e. The zero-order valence-corrected chi connectivity index (χ0v) is 17.9. The van der Waals surface area contributed by atoms with Crippen LogP contribution in [0.25, 0.3) is 10.6 Å². The van der Waals surface area contributed by atoms with Gasteiger partial charge in [-0.3, -0.25) is 4.79 Å². The van der Waals surface area contributed by atoms with Gasteiger partial charge in [-0.2, -0.15) is 0 Å². The fraction of sp³-hybridized carbons (Fsp3) is 0.0833. The first-order valence-electron chi connectivity index (χ1n) is 9.53. The molecular formula is C24H18ClFN2O2S. The number of ether oxygens (including phenoxy) is 1. The summed E-state index contributed by atoms with van der Waals surface area (Å²) in [6.45, 7) is 0.708. The predicted octanol–water partition coefficient (Wildman–Crippen LogP) is 6.11. The average Bonchev–Trinajstić information content (AvgIpc) is 3.28. The minimum atomic E-state index is -0.459. The molecule has 0 saturated heterocycles. The first kappa shape index (κ1) is 21.0. The second-order valence-corrected chi connectivity index (χ2v) is 8.06. The number of hydrogen-bond acceptors (Lipinski definition) is 4. The molecule has 7 heteroatoms. The number of thiazole rings is 1. The maximum absolute atomic E-state index is 14.7. The van der Waals surface area contributed by atoms with Crippen LogP contribution < -0.4 is 10.1 Å². The van der Waals surface area contributed by atoms with Crippen molar-refractivity contribution in [2.45, 2.75) is 13.2 Å². The van der Waals surface area contributed by atoms with Crippen LogP contribution in [0.2, 0.25) is 5.02 Å². The molecule has 0 spiro atoms. The Labute approximate surface area is 188 Å². The van der Waals surface area contributed by atoms with Crippen LogP contribution in [-0.4, -0.2) is 10.9 Å². The summed E-state index contributed by atoms with van der Waals surface area (Å²) in [5.74, 6) is -0.345. The normalized spacial score (nSPS) is 10.6. The molecule has 0 aliphatic rings. The van der Waals surface area contributed by atoms with E-state index in [1.807, 2.05) is 42.5 Å². The Morgan fingerprint density at radius 1 is 1.03 bits per heavy atom. The van der Waals surface area contributed by atoms with E-state index in [-0.39, 0.29) is 11.6 Å². The molecule has 156 valence electrons. The lowest BCUT2D eigenvalue weighted by atomic mass is 10.2. The smallest absolute Gasteiger partial charge is 0.271 e. The molecule has 0 unspecified atom stereocenters. The fourth-order valence-corrected chi connectivity index (χ4v) is 3.83. The van der Waals surface area contributed by atoms with Gasteiger partial charge < -0.3 is 10.1 Å². The number of carbonyl (C=O) groups excluding carboxylic acids is 1. The molecule has 4 rings (SSSR count). The van der Waals surface area contributed by atoms with Gasteiger partial charge >= 0.3 is 0 Å². The highest BCUT2D eigenvalue weighted by Crippen LogP contribution is 2.29. The summed E-state index contributed by atoms with van der Waals surface area (Å²) < 4.78 is 20.3. The first-order chi connectivity index (χ1) is 15.1. The van der Waals surface area contributed by atoms with Gasteiger partial charge in [-0.15, -0.1) is 11.3 Å². The lowest BCUT2D eigenvalue weighted by Crippen LogP contribution is -2.23. The monoisotopic (exact) mass is 452 g/mol. The topological polar surface area (TPSA) is 51.2 Å². The van der Waals surface area contributed by atoms with Gasteiger partial charge in [0.25, 0.3) is 5.91 Å². The summed E-state index contributed by atoms with van der Waals surface area (Å²) >= 11 is 7.09. The van der Waals surface area contributed by atoms with Crippen molar-refractivity contribution in [1.82, 2.24) is 10.3 Å². The number of aromatic nitrogens is 1. The van der Waals surface area contributed by atoms with E-state index in [0.29, 0.717) is 34.5 Å². The highest BCUT2D eigenvalue weighted by Gasteiger charge is 2.15. The summed E-state index contributed by atoms with van der Waals surface area (Å²) in [5, 5.41) is 5.53. The number of amides is 1. The van der Waals surface area contributed by atoms with E-state index in [0.717, 1.165) is 11.1 Å². The molecule has 1 amide bonds. The summed E-state index contributed by atoms with van der Waals surface area (Å²) in [6.07, 6.45) is 0. The third kappa shape index (κ3) is 5.48. The predicted molar refractivity (Wildman–Crippen MR) is 121 cm³/mol. The molecule has 0 saturated carbocycles. The number of carbonyl (C=O) groups is 1. The van der Waals surface area contributed by atoms with Crippen molar-refractivity contribution in [1.29, 1.82) is 0 Å². The van der Waals surface area contributed by atoms with Gasteiger partial charge in [0, 0.05) is 28.6 Å². The zero-order valence-electron chi connectivity index (χ0n) is 16.3. The van der Waals surface area contributed by atoms with Crippen molar-refractivity contribution in [3.8, 4) is 16.3 Å². The van der Waals surface area contributed by atoms with Gasteiger partial charge in [-0.05, 0) is 35.4 Å². The van der Waals surface area contributed by atoms with Crippen molar-refractivity contribution >= 4 is 28.8 Å². The van der Waals surface area contributed by atoms with E-state index >= 15 is 0 Å². The lowest BCUT2D eigenvalue weighted by molar-refractivity contribution is 0.0946. The molecule has 0 bridgehead atoms. The van der Waals surface area contributed by atoms with Crippen molar-refractivity contribution < 1.29 is 13.9 Å². The first-order valence-corrected chi connectivity index (χ1v) is 10.8. The van der Waals surface area contributed by atoms with Crippen LogP contribution in [0, 0.1) is 5.82 Å². The Hall–Kier alpha value is -3.22. The summed E-state index contributed by atoms with van der Waals surface area (Å²) in [5.41, 5.74) is 2.51. The van der Waals surface area contributed by atoms with Gasteiger partial charge in [-0.1, -0.05) is 54.1 Å². The van der Waals surface area contributed by atoms with Crippen molar-refractivity contribution in [3.05, 3.63) is 106 Å². The highest BCUT2D eigenvalue weighted by atomic mass is 35.5. The van der Waals surface area contributed by atoms with Gasteiger partial charge in [0.15, 0.2) is 0 Å². The van der Waals surface area contributed by atoms with Gasteiger partial charge in [0.05, 0.1) is 0 Å². The highest BCUT2D eigenvalue weighted by molar-refractivity contribution is 7.13. The van der Waals surface area contributed by atoms with E-state index in [4.69, 9.17) is 16.3 Å². The average molecular weight is 453 g/mol. The Morgan fingerprint density at radius 2 is 1.81 bits per heavy atom. The molecule has 3 aromatic carbocycles. The molecule has 0 aliphatic carbocycles. The molecule has 1 heterocycles. The number of benzene rings is 3. The lowest BCUT2D eigenvalue weighted by Gasteiger charge is -2.08. The van der Waals surface area contributed by atoms with E-state index in [9.17, 15) is 9.18 Å². The Balaban J connectivity index is 1.39. The Bertz CT molecular complexity index is 1180.